The van der Waals surface area contributed by atoms with Crippen LogP contribution in [0.5, 0.6) is 5.75 Å². The first-order valence-electron chi connectivity index (χ1n) is 12.5. The summed E-state index contributed by atoms with van der Waals surface area (Å²) >= 11 is 0. The smallest absolute Gasteiger partial charge is 0.249 e. The molecule has 3 atom stereocenters. The Kier molecular flexibility index (Phi) is 8.17. The molecule has 9 heteroatoms. The summed E-state index contributed by atoms with van der Waals surface area (Å²) in [6, 6.07) is 5.52. The first-order valence-corrected chi connectivity index (χ1v) is 12.5. The van der Waals surface area contributed by atoms with E-state index in [4.69, 9.17) is 4.74 Å². The van der Waals surface area contributed by atoms with Gasteiger partial charge in [-0.2, -0.15) is 5.10 Å². The maximum absolute atomic E-state index is 12.3. The van der Waals surface area contributed by atoms with Gasteiger partial charge in [0.25, 0.3) is 0 Å². The molecule has 0 radical (unpaired) electrons. The Bertz CT molecular complexity index is 1050. The van der Waals surface area contributed by atoms with Crippen LogP contribution in [-0.2, 0) is 34.0 Å². The van der Waals surface area contributed by atoms with Gasteiger partial charge in [0.2, 0.25) is 18.2 Å². The molecule has 2 fully saturated rings. The number of nitrogens with one attached hydrogen (secondary N) is 2. The van der Waals surface area contributed by atoms with E-state index in [0.717, 1.165) is 54.8 Å². The molecule has 4 rings (SSSR count). The Labute approximate surface area is 206 Å². The van der Waals surface area contributed by atoms with E-state index in [0.29, 0.717) is 12.8 Å². The van der Waals surface area contributed by atoms with E-state index in [1.165, 1.54) is 11.3 Å². The Morgan fingerprint density at radius 3 is 2.83 bits per heavy atom. The lowest BCUT2D eigenvalue weighted by molar-refractivity contribution is -0.141. The van der Waals surface area contributed by atoms with Crippen LogP contribution in [0.4, 0.5) is 0 Å². The summed E-state index contributed by atoms with van der Waals surface area (Å²) in [7, 11) is 0. The van der Waals surface area contributed by atoms with Crippen molar-refractivity contribution in [2.24, 2.45) is 0 Å². The molecule has 1 aromatic heterocycles. The molecule has 1 saturated heterocycles. The summed E-state index contributed by atoms with van der Waals surface area (Å²) in [6.07, 6.45) is 9.62. The van der Waals surface area contributed by atoms with Gasteiger partial charge >= 0.3 is 0 Å². The molecule has 0 bridgehead atoms. The first kappa shape index (κ1) is 24.9. The van der Waals surface area contributed by atoms with E-state index >= 15 is 0 Å². The second-order valence-corrected chi connectivity index (χ2v) is 9.47. The average Bonchev–Trinajstić information content (AvgIpc) is 3.32. The fourth-order valence-electron chi connectivity index (χ4n) is 4.87. The molecule has 1 aliphatic heterocycles. The largest absolute Gasteiger partial charge is 0.489 e. The Morgan fingerprint density at radius 1 is 1.26 bits per heavy atom. The van der Waals surface area contributed by atoms with Crippen molar-refractivity contribution in [2.75, 3.05) is 0 Å². The van der Waals surface area contributed by atoms with Crippen molar-refractivity contribution in [3.05, 3.63) is 47.3 Å². The van der Waals surface area contributed by atoms with Crippen LogP contribution in [0.1, 0.15) is 62.1 Å². The number of ether oxygens (including phenoxy) is 1. The lowest BCUT2D eigenvalue weighted by Crippen LogP contribution is -2.51. The first-order chi connectivity index (χ1) is 17.0. The Hall–Kier alpha value is -3.20. The molecule has 188 valence electrons. The molecule has 9 nitrogen and oxygen atoms in total. The molecular weight excluding hydrogens is 446 g/mol. The highest BCUT2D eigenvalue weighted by Crippen LogP contribution is 2.27. The van der Waals surface area contributed by atoms with Gasteiger partial charge in [0.1, 0.15) is 17.9 Å². The zero-order valence-electron chi connectivity index (χ0n) is 20.5. The number of benzene rings is 1. The highest BCUT2D eigenvalue weighted by molar-refractivity contribution is 6.00. The van der Waals surface area contributed by atoms with E-state index in [-0.39, 0.29) is 31.0 Å². The normalized spacial score (nSPS) is 22.5. The number of amides is 3. The summed E-state index contributed by atoms with van der Waals surface area (Å²) in [4.78, 5) is 37.0. The summed E-state index contributed by atoms with van der Waals surface area (Å²) in [5.41, 5.74) is 3.10. The third-order valence-electron chi connectivity index (χ3n) is 6.99. The monoisotopic (exact) mass is 481 g/mol. The number of nitrogens with zero attached hydrogens (tertiary/aromatic N) is 3. The van der Waals surface area contributed by atoms with Crippen LogP contribution in [0.15, 0.2) is 30.6 Å². The van der Waals surface area contributed by atoms with Gasteiger partial charge in [-0.1, -0.05) is 12.5 Å². The number of carbonyl (C=O) groups is 3. The van der Waals surface area contributed by atoms with E-state index in [9.17, 15) is 14.4 Å². The molecule has 2 aromatic rings. The Morgan fingerprint density at radius 2 is 2.09 bits per heavy atom. The molecule has 3 amide bonds. The van der Waals surface area contributed by atoms with Crippen LogP contribution >= 0.6 is 0 Å². The number of hydrogen-bond donors (Lipinski definition) is 2. The minimum Gasteiger partial charge on any atom is -0.489 e. The van der Waals surface area contributed by atoms with Crippen LogP contribution < -0.4 is 15.4 Å². The number of hydrogen-bond acceptors (Lipinski definition) is 6. The molecule has 0 spiro atoms. The van der Waals surface area contributed by atoms with Crippen LogP contribution in [0.2, 0.25) is 0 Å². The number of rotatable bonds is 10. The standard InChI is InChI=1S/C26H35N5O4/c1-3-31-15-19(14-28-31)13-27-22-6-4-5-7-24(22)35-21-9-8-18(2)20(12-21)16-30(17-32)23-10-11-25(33)29-26(23)34/h8-9,12,14-15,17,22-24,27H,3-7,10-11,13,16H2,1-2H3,(H,29,33,34)/t22-,23?,24+/m0/s1. The number of aromatic nitrogens is 2. The minimum absolute atomic E-state index is 0.0536. The second kappa shape index (κ2) is 11.5. The fraction of sp³-hybridized carbons (Fsp3) is 0.538. The summed E-state index contributed by atoms with van der Waals surface area (Å²) in [6.45, 7) is 5.95. The molecule has 2 heterocycles. The lowest BCUT2D eigenvalue weighted by atomic mass is 9.92. The van der Waals surface area contributed by atoms with Crippen LogP contribution in [0.3, 0.4) is 0 Å². The van der Waals surface area contributed by atoms with Crippen molar-refractivity contribution in [1.29, 1.82) is 0 Å². The SMILES string of the molecule is CCn1cc(CN[C@H]2CCCC[C@H]2Oc2ccc(C)c(CN(C=O)C3CCC(=O)NC3=O)c2)cn1. The van der Waals surface area contributed by atoms with Gasteiger partial charge in [0.05, 0.1) is 6.20 Å². The third-order valence-corrected chi connectivity index (χ3v) is 6.99. The van der Waals surface area contributed by atoms with Gasteiger partial charge in [-0.05, 0) is 62.8 Å². The number of carbonyl (C=O) groups excluding carboxylic acids is 3. The average molecular weight is 482 g/mol. The zero-order chi connectivity index (χ0) is 24.8. The highest BCUT2D eigenvalue weighted by atomic mass is 16.5. The maximum atomic E-state index is 12.3. The zero-order valence-corrected chi connectivity index (χ0v) is 20.5. The van der Waals surface area contributed by atoms with Crippen molar-refractivity contribution in [3.63, 3.8) is 0 Å². The highest BCUT2D eigenvalue weighted by Gasteiger charge is 2.31. The molecule has 2 aliphatic rings. The van der Waals surface area contributed by atoms with Crippen molar-refractivity contribution < 1.29 is 19.1 Å². The third kappa shape index (κ3) is 6.28. The molecule has 35 heavy (non-hydrogen) atoms. The number of piperidine rings is 1. The van der Waals surface area contributed by atoms with Gasteiger partial charge < -0.3 is 15.0 Å². The fourth-order valence-corrected chi connectivity index (χ4v) is 4.87. The second-order valence-electron chi connectivity index (χ2n) is 9.47. The van der Waals surface area contributed by atoms with Gasteiger partial charge in [0, 0.05) is 43.9 Å². The van der Waals surface area contributed by atoms with Gasteiger partial charge in [-0.3, -0.25) is 24.4 Å². The number of imide groups is 1. The van der Waals surface area contributed by atoms with Crippen LogP contribution in [0, 0.1) is 6.92 Å². The molecular formula is C26H35N5O4. The predicted molar refractivity (Wildman–Crippen MR) is 130 cm³/mol. The van der Waals surface area contributed by atoms with Crippen molar-refractivity contribution in [2.45, 2.75) is 90.2 Å². The van der Waals surface area contributed by atoms with Crippen molar-refractivity contribution in [3.8, 4) is 5.75 Å². The molecule has 1 aliphatic carbocycles. The van der Waals surface area contributed by atoms with Crippen LogP contribution in [0.25, 0.3) is 0 Å². The maximum Gasteiger partial charge on any atom is 0.249 e. The predicted octanol–water partition coefficient (Wildman–Crippen LogP) is 2.45. The van der Waals surface area contributed by atoms with Crippen molar-refractivity contribution >= 4 is 18.2 Å². The van der Waals surface area contributed by atoms with E-state index in [1.807, 2.05) is 36.0 Å². The number of aryl methyl sites for hydroxylation is 2. The summed E-state index contributed by atoms with van der Waals surface area (Å²) in [5.74, 6) is 0.0507. The van der Waals surface area contributed by atoms with Gasteiger partial charge in [-0.15, -0.1) is 0 Å². The molecule has 1 saturated carbocycles. The molecule has 1 aromatic carbocycles. The molecule has 1 unspecified atom stereocenters. The van der Waals surface area contributed by atoms with Crippen molar-refractivity contribution in [1.82, 2.24) is 25.3 Å². The molecule has 2 N–H and O–H groups in total. The topological polar surface area (TPSA) is 106 Å². The van der Waals surface area contributed by atoms with Crippen LogP contribution in [-0.4, -0.2) is 51.1 Å². The van der Waals surface area contributed by atoms with E-state index < -0.39 is 11.9 Å². The summed E-state index contributed by atoms with van der Waals surface area (Å²) < 4.78 is 8.39. The summed E-state index contributed by atoms with van der Waals surface area (Å²) in [5, 5.41) is 10.3. The van der Waals surface area contributed by atoms with E-state index in [2.05, 4.69) is 28.9 Å². The quantitative estimate of drug-likeness (QED) is 0.399. The van der Waals surface area contributed by atoms with E-state index in [1.54, 1.807) is 0 Å². The lowest BCUT2D eigenvalue weighted by Gasteiger charge is -2.33. The Balaban J connectivity index is 1.41. The van der Waals surface area contributed by atoms with Gasteiger partial charge in [0.15, 0.2) is 0 Å². The van der Waals surface area contributed by atoms with Gasteiger partial charge in [-0.25, -0.2) is 0 Å². The minimum atomic E-state index is -0.641.